The summed E-state index contributed by atoms with van der Waals surface area (Å²) >= 11 is 1.58. The summed E-state index contributed by atoms with van der Waals surface area (Å²) in [5.41, 5.74) is 1.37. The van der Waals surface area contributed by atoms with Gasteiger partial charge in [-0.2, -0.15) is 0 Å². The molecule has 3 aromatic rings. The lowest BCUT2D eigenvalue weighted by Gasteiger charge is -2.09. The fraction of sp³-hybridized carbons (Fsp3) is 0.350. The summed E-state index contributed by atoms with van der Waals surface area (Å²) in [6.45, 7) is 0. The number of aromatic nitrogens is 2. The number of fused-ring (bicyclic) bond motifs is 3. The summed E-state index contributed by atoms with van der Waals surface area (Å²) in [5, 5.41) is 3.35. The number of hydrogen-bond donors (Lipinski definition) is 2. The van der Waals surface area contributed by atoms with E-state index in [-0.39, 0.29) is 23.6 Å². The number of H-pyrrole nitrogens is 1. The van der Waals surface area contributed by atoms with Gasteiger partial charge in [0.2, 0.25) is 5.91 Å². The molecule has 1 aromatic carbocycles. The minimum Gasteiger partial charge on any atom is -0.494 e. The maximum atomic E-state index is 13.7. The second kappa shape index (κ2) is 7.71. The molecule has 4 rings (SSSR count). The Bertz CT molecular complexity index is 1110. The molecule has 0 aliphatic heterocycles. The number of nitrogens with one attached hydrogen (secondary N) is 2. The molecule has 0 fully saturated rings. The van der Waals surface area contributed by atoms with Gasteiger partial charge in [-0.15, -0.1) is 11.3 Å². The molecule has 2 heterocycles. The van der Waals surface area contributed by atoms with Crippen molar-refractivity contribution >= 4 is 33.1 Å². The fourth-order valence-electron chi connectivity index (χ4n) is 3.53. The van der Waals surface area contributed by atoms with Crippen LogP contribution in [0.3, 0.4) is 0 Å². The molecular formula is C20H20FN3O3S. The monoisotopic (exact) mass is 401 g/mol. The summed E-state index contributed by atoms with van der Waals surface area (Å²) in [5.74, 6) is -0.213. The number of carbonyl (C=O) groups is 1. The van der Waals surface area contributed by atoms with E-state index in [2.05, 4.69) is 15.3 Å². The van der Waals surface area contributed by atoms with E-state index < -0.39 is 5.82 Å². The van der Waals surface area contributed by atoms with Gasteiger partial charge in [0.05, 0.1) is 12.5 Å². The molecule has 1 amide bonds. The number of aryl methyl sites for hydroxylation is 3. The first-order valence-corrected chi connectivity index (χ1v) is 10.0. The third-order valence-electron chi connectivity index (χ3n) is 4.90. The van der Waals surface area contributed by atoms with Crippen molar-refractivity contribution < 1.29 is 13.9 Å². The van der Waals surface area contributed by atoms with Gasteiger partial charge in [-0.25, -0.2) is 9.37 Å². The molecule has 2 N–H and O–H groups in total. The predicted molar refractivity (Wildman–Crippen MR) is 107 cm³/mol. The smallest absolute Gasteiger partial charge is 0.259 e. The second-order valence-corrected chi connectivity index (χ2v) is 7.88. The molecule has 0 unspecified atom stereocenters. The normalized spacial score (nSPS) is 13.4. The molecule has 0 radical (unpaired) electrons. The molecular weight excluding hydrogens is 381 g/mol. The Morgan fingerprint density at radius 2 is 2.18 bits per heavy atom. The summed E-state index contributed by atoms with van der Waals surface area (Å²) in [7, 11) is 1.38. The summed E-state index contributed by atoms with van der Waals surface area (Å²) in [4.78, 5) is 34.1. The average Bonchev–Trinajstić information content (AvgIpc) is 3.05. The standard InChI is InChI=1S/C20H20FN3O3S/c1-27-14-7-6-11(10-13(14)21)22-17(25)9-8-16-23-19(26)18-12-4-2-3-5-15(12)28-20(18)24-16/h6-7,10H,2-5,8-9H2,1H3,(H,22,25)(H,23,24,26). The minimum absolute atomic E-state index is 0.117. The van der Waals surface area contributed by atoms with Gasteiger partial charge in [-0.3, -0.25) is 9.59 Å². The molecule has 0 atom stereocenters. The van der Waals surface area contributed by atoms with Crippen molar-refractivity contribution in [3.63, 3.8) is 0 Å². The first kappa shape index (κ1) is 18.6. The first-order chi connectivity index (χ1) is 13.5. The van der Waals surface area contributed by atoms with E-state index >= 15 is 0 Å². The quantitative estimate of drug-likeness (QED) is 0.684. The van der Waals surface area contributed by atoms with Crippen molar-refractivity contribution in [3.8, 4) is 5.75 Å². The Morgan fingerprint density at radius 3 is 2.96 bits per heavy atom. The number of anilines is 1. The molecule has 0 saturated heterocycles. The lowest BCUT2D eigenvalue weighted by Crippen LogP contribution is -2.16. The maximum Gasteiger partial charge on any atom is 0.259 e. The lowest BCUT2D eigenvalue weighted by atomic mass is 9.97. The Hall–Kier alpha value is -2.74. The number of carbonyl (C=O) groups excluding carboxylic acids is 1. The van der Waals surface area contributed by atoms with E-state index in [1.54, 1.807) is 17.4 Å². The number of ether oxygens (including phenoxy) is 1. The number of halogens is 1. The summed E-state index contributed by atoms with van der Waals surface area (Å²) in [6, 6.07) is 4.23. The van der Waals surface area contributed by atoms with Gasteiger partial charge in [-0.05, 0) is 43.4 Å². The lowest BCUT2D eigenvalue weighted by molar-refractivity contribution is -0.116. The SMILES string of the molecule is COc1ccc(NC(=O)CCc2nc3sc4c(c3c(=O)[nH]2)CCCC4)cc1F. The van der Waals surface area contributed by atoms with Crippen LogP contribution in [0.1, 0.15) is 35.5 Å². The van der Waals surface area contributed by atoms with Gasteiger partial charge in [0.25, 0.3) is 5.56 Å². The van der Waals surface area contributed by atoms with Crippen molar-refractivity contribution in [2.45, 2.75) is 38.5 Å². The molecule has 0 saturated carbocycles. The Balaban J connectivity index is 1.46. The van der Waals surface area contributed by atoms with Crippen LogP contribution in [0, 0.1) is 5.82 Å². The number of hydrogen-bond acceptors (Lipinski definition) is 5. The van der Waals surface area contributed by atoms with E-state index in [1.807, 2.05) is 0 Å². The highest BCUT2D eigenvalue weighted by atomic mass is 32.1. The van der Waals surface area contributed by atoms with E-state index in [0.717, 1.165) is 36.1 Å². The number of nitrogens with zero attached hydrogens (tertiary/aromatic N) is 1. The van der Waals surface area contributed by atoms with Crippen molar-refractivity contribution in [1.82, 2.24) is 9.97 Å². The van der Waals surface area contributed by atoms with Crippen molar-refractivity contribution in [2.75, 3.05) is 12.4 Å². The van der Waals surface area contributed by atoms with Gasteiger partial charge in [0.1, 0.15) is 10.7 Å². The summed E-state index contributed by atoms with van der Waals surface area (Å²) in [6.07, 6.45) is 4.63. The maximum absolute atomic E-state index is 13.7. The van der Waals surface area contributed by atoms with Crippen molar-refractivity contribution in [1.29, 1.82) is 0 Å². The van der Waals surface area contributed by atoms with Gasteiger partial charge >= 0.3 is 0 Å². The molecule has 0 spiro atoms. The van der Waals surface area contributed by atoms with E-state index in [4.69, 9.17) is 4.74 Å². The highest BCUT2D eigenvalue weighted by Gasteiger charge is 2.20. The van der Waals surface area contributed by atoms with Gasteiger partial charge in [-0.1, -0.05) is 0 Å². The third-order valence-corrected chi connectivity index (χ3v) is 6.08. The average molecular weight is 401 g/mol. The molecule has 2 aromatic heterocycles. The number of benzene rings is 1. The molecule has 6 nitrogen and oxygen atoms in total. The minimum atomic E-state index is -0.543. The van der Waals surface area contributed by atoms with Crippen LogP contribution >= 0.6 is 11.3 Å². The molecule has 8 heteroatoms. The van der Waals surface area contributed by atoms with Crippen LogP contribution in [0.5, 0.6) is 5.75 Å². The molecule has 1 aliphatic carbocycles. The van der Waals surface area contributed by atoms with Crippen molar-refractivity contribution in [3.05, 3.63) is 50.6 Å². The zero-order valence-corrected chi connectivity index (χ0v) is 16.2. The van der Waals surface area contributed by atoms with Crippen LogP contribution in [0.15, 0.2) is 23.0 Å². The largest absolute Gasteiger partial charge is 0.494 e. The molecule has 1 aliphatic rings. The third kappa shape index (κ3) is 3.64. The molecule has 146 valence electrons. The van der Waals surface area contributed by atoms with Gasteiger partial charge in [0, 0.05) is 29.5 Å². The number of aromatic amines is 1. The summed E-state index contributed by atoms with van der Waals surface area (Å²) < 4.78 is 18.6. The van der Waals surface area contributed by atoms with E-state index in [9.17, 15) is 14.0 Å². The molecule has 28 heavy (non-hydrogen) atoms. The van der Waals surface area contributed by atoms with E-state index in [1.165, 1.54) is 24.1 Å². The van der Waals surface area contributed by atoms with Crippen LogP contribution in [-0.4, -0.2) is 23.0 Å². The zero-order chi connectivity index (χ0) is 19.7. The second-order valence-electron chi connectivity index (χ2n) is 6.80. The van der Waals surface area contributed by atoms with Crippen LogP contribution in [0.25, 0.3) is 10.2 Å². The van der Waals surface area contributed by atoms with Gasteiger partial charge in [0.15, 0.2) is 11.6 Å². The van der Waals surface area contributed by atoms with Crippen LogP contribution in [0.2, 0.25) is 0 Å². The predicted octanol–water partition coefficient (Wildman–Crippen LogP) is 3.58. The van der Waals surface area contributed by atoms with Crippen LogP contribution in [0.4, 0.5) is 10.1 Å². The van der Waals surface area contributed by atoms with Crippen molar-refractivity contribution in [2.24, 2.45) is 0 Å². The topological polar surface area (TPSA) is 84.1 Å². The first-order valence-electron chi connectivity index (χ1n) is 9.22. The Kier molecular flexibility index (Phi) is 5.13. The number of amides is 1. The number of thiophene rings is 1. The van der Waals surface area contributed by atoms with Gasteiger partial charge < -0.3 is 15.0 Å². The molecule has 0 bridgehead atoms. The Morgan fingerprint density at radius 1 is 1.36 bits per heavy atom. The van der Waals surface area contributed by atoms with Crippen LogP contribution in [-0.2, 0) is 24.1 Å². The number of methoxy groups -OCH3 is 1. The highest BCUT2D eigenvalue weighted by molar-refractivity contribution is 7.18. The number of rotatable bonds is 5. The highest BCUT2D eigenvalue weighted by Crippen LogP contribution is 2.33. The zero-order valence-electron chi connectivity index (χ0n) is 15.4. The fourth-order valence-corrected chi connectivity index (χ4v) is 4.81. The van der Waals surface area contributed by atoms with E-state index in [0.29, 0.717) is 23.3 Å². The Labute approximate surface area is 164 Å². The van der Waals surface area contributed by atoms with Crippen LogP contribution < -0.4 is 15.6 Å².